The van der Waals surface area contributed by atoms with Crippen molar-refractivity contribution >= 4 is 17.7 Å². The van der Waals surface area contributed by atoms with Crippen LogP contribution in [0.1, 0.15) is 25.7 Å². The summed E-state index contributed by atoms with van der Waals surface area (Å²) in [6.07, 6.45) is 2.73. The van der Waals surface area contributed by atoms with E-state index in [1.165, 1.54) is 17.8 Å². The van der Waals surface area contributed by atoms with Gasteiger partial charge in [-0.15, -0.1) is 11.8 Å². The van der Waals surface area contributed by atoms with Gasteiger partial charge in [0.25, 0.3) is 0 Å². The van der Waals surface area contributed by atoms with Crippen molar-refractivity contribution in [2.24, 2.45) is 0 Å². The fourth-order valence-corrected chi connectivity index (χ4v) is 2.25. The number of carbonyl (C=O) groups is 1. The number of halogens is 1. The molecule has 0 saturated carbocycles. The van der Waals surface area contributed by atoms with Crippen LogP contribution < -0.4 is 0 Å². The van der Waals surface area contributed by atoms with Crippen LogP contribution in [0.5, 0.6) is 0 Å². The van der Waals surface area contributed by atoms with E-state index < -0.39 is 5.97 Å². The molecule has 1 rings (SSSR count). The number of carboxylic acids is 1. The summed E-state index contributed by atoms with van der Waals surface area (Å²) in [5.41, 5.74) is 0. The van der Waals surface area contributed by atoms with Crippen molar-refractivity contribution in [2.75, 3.05) is 5.75 Å². The Balaban J connectivity index is 2.12. The molecule has 0 aromatic heterocycles. The molecule has 0 amide bonds. The first-order chi connectivity index (χ1) is 7.70. The number of carboxylic acid groups (broad SMARTS) is 1. The summed E-state index contributed by atoms with van der Waals surface area (Å²) in [4.78, 5) is 10.9. The van der Waals surface area contributed by atoms with Crippen LogP contribution in [0.3, 0.4) is 0 Å². The molecule has 1 aromatic carbocycles. The fraction of sp³-hybridized carbons (Fsp3) is 0.417. The predicted molar refractivity (Wildman–Crippen MR) is 63.2 cm³/mol. The average molecular weight is 242 g/mol. The summed E-state index contributed by atoms with van der Waals surface area (Å²) in [5.74, 6) is -0.0969. The van der Waals surface area contributed by atoms with Gasteiger partial charge in [-0.2, -0.15) is 0 Å². The summed E-state index contributed by atoms with van der Waals surface area (Å²) in [6.45, 7) is 0. The second-order valence-corrected chi connectivity index (χ2v) is 4.62. The molecule has 16 heavy (non-hydrogen) atoms. The highest BCUT2D eigenvalue weighted by atomic mass is 32.2. The molecule has 4 heteroatoms. The highest BCUT2D eigenvalue weighted by Crippen LogP contribution is 2.22. The third kappa shape index (κ3) is 5.16. The zero-order valence-electron chi connectivity index (χ0n) is 8.99. The van der Waals surface area contributed by atoms with Crippen LogP contribution in [-0.4, -0.2) is 16.8 Å². The average Bonchev–Trinajstić information content (AvgIpc) is 2.25. The highest BCUT2D eigenvalue weighted by molar-refractivity contribution is 7.99. The van der Waals surface area contributed by atoms with Gasteiger partial charge in [0, 0.05) is 11.3 Å². The molecule has 88 valence electrons. The standard InChI is InChI=1S/C12H15FO2S/c13-10-6-3-4-7-11(10)16-9-5-1-2-8-12(14)15/h3-4,6-7H,1-2,5,8-9H2,(H,14,15). The summed E-state index contributed by atoms with van der Waals surface area (Å²) >= 11 is 1.48. The van der Waals surface area contributed by atoms with Crippen molar-refractivity contribution in [3.8, 4) is 0 Å². The molecule has 1 N–H and O–H groups in total. The largest absolute Gasteiger partial charge is 0.481 e. The third-order valence-corrected chi connectivity index (χ3v) is 3.26. The third-order valence-electron chi connectivity index (χ3n) is 2.13. The topological polar surface area (TPSA) is 37.3 Å². The van der Waals surface area contributed by atoms with E-state index in [1.54, 1.807) is 12.1 Å². The van der Waals surface area contributed by atoms with E-state index in [9.17, 15) is 9.18 Å². The van der Waals surface area contributed by atoms with Gasteiger partial charge in [0.05, 0.1) is 0 Å². The minimum atomic E-state index is -0.748. The zero-order chi connectivity index (χ0) is 11.8. The maximum atomic E-state index is 13.2. The van der Waals surface area contributed by atoms with Gasteiger partial charge in [0.15, 0.2) is 0 Å². The molecule has 0 bridgehead atoms. The van der Waals surface area contributed by atoms with Crippen LogP contribution in [0, 0.1) is 5.82 Å². The van der Waals surface area contributed by atoms with Gasteiger partial charge in [-0.25, -0.2) is 4.39 Å². The molecule has 0 heterocycles. The lowest BCUT2D eigenvalue weighted by Crippen LogP contribution is -1.94. The maximum absolute atomic E-state index is 13.2. The second-order valence-electron chi connectivity index (χ2n) is 3.48. The smallest absolute Gasteiger partial charge is 0.303 e. The Morgan fingerprint density at radius 3 is 2.69 bits per heavy atom. The molecule has 1 aromatic rings. The van der Waals surface area contributed by atoms with Gasteiger partial charge in [0.2, 0.25) is 0 Å². The lowest BCUT2D eigenvalue weighted by Gasteiger charge is -2.02. The Morgan fingerprint density at radius 1 is 1.25 bits per heavy atom. The number of hydrogen-bond acceptors (Lipinski definition) is 2. The first kappa shape index (κ1) is 13.0. The van der Waals surface area contributed by atoms with Crippen LogP contribution in [-0.2, 0) is 4.79 Å². The first-order valence-electron chi connectivity index (χ1n) is 5.29. The number of aliphatic carboxylic acids is 1. The van der Waals surface area contributed by atoms with Crippen molar-refractivity contribution in [1.29, 1.82) is 0 Å². The highest BCUT2D eigenvalue weighted by Gasteiger charge is 2.01. The van der Waals surface area contributed by atoms with E-state index in [4.69, 9.17) is 5.11 Å². The van der Waals surface area contributed by atoms with Crippen molar-refractivity contribution < 1.29 is 14.3 Å². The van der Waals surface area contributed by atoms with Crippen molar-refractivity contribution in [3.05, 3.63) is 30.1 Å². The van der Waals surface area contributed by atoms with Crippen LogP contribution in [0.15, 0.2) is 29.2 Å². The lowest BCUT2D eigenvalue weighted by molar-refractivity contribution is -0.137. The Hall–Kier alpha value is -1.03. The monoisotopic (exact) mass is 242 g/mol. The van der Waals surface area contributed by atoms with Crippen molar-refractivity contribution in [3.63, 3.8) is 0 Å². The number of benzene rings is 1. The van der Waals surface area contributed by atoms with E-state index >= 15 is 0 Å². The van der Waals surface area contributed by atoms with Crippen LogP contribution in [0.25, 0.3) is 0 Å². The molecule has 0 atom stereocenters. The molecule has 2 nitrogen and oxygen atoms in total. The van der Waals surface area contributed by atoms with Crippen LogP contribution in [0.4, 0.5) is 4.39 Å². The normalized spacial score (nSPS) is 10.3. The summed E-state index contributed by atoms with van der Waals surface area (Å²) in [6, 6.07) is 6.70. The summed E-state index contributed by atoms with van der Waals surface area (Å²) < 4.78 is 13.2. The zero-order valence-corrected chi connectivity index (χ0v) is 9.80. The van der Waals surface area contributed by atoms with E-state index in [1.807, 2.05) is 6.07 Å². The first-order valence-corrected chi connectivity index (χ1v) is 6.28. The SMILES string of the molecule is O=C(O)CCCCCSc1ccccc1F. The molecule has 0 unspecified atom stereocenters. The van der Waals surface area contributed by atoms with Gasteiger partial charge in [-0.3, -0.25) is 4.79 Å². The molecule has 0 aliphatic heterocycles. The van der Waals surface area contributed by atoms with Crippen molar-refractivity contribution in [1.82, 2.24) is 0 Å². The quantitative estimate of drug-likeness (QED) is 0.586. The molecule has 0 aliphatic rings. The van der Waals surface area contributed by atoms with E-state index in [2.05, 4.69) is 0 Å². The van der Waals surface area contributed by atoms with E-state index in [-0.39, 0.29) is 12.2 Å². The molecule has 0 spiro atoms. The predicted octanol–water partition coefficient (Wildman–Crippen LogP) is 3.56. The molecule has 0 saturated heterocycles. The van der Waals surface area contributed by atoms with E-state index in [0.29, 0.717) is 11.3 Å². The van der Waals surface area contributed by atoms with Gasteiger partial charge < -0.3 is 5.11 Å². The minimum Gasteiger partial charge on any atom is -0.481 e. The van der Waals surface area contributed by atoms with Crippen LogP contribution >= 0.6 is 11.8 Å². The minimum absolute atomic E-state index is 0.182. The van der Waals surface area contributed by atoms with Gasteiger partial charge in [-0.1, -0.05) is 18.6 Å². The van der Waals surface area contributed by atoms with Gasteiger partial charge in [0.1, 0.15) is 5.82 Å². The Kier molecular flexibility index (Phi) is 5.93. The van der Waals surface area contributed by atoms with E-state index in [0.717, 1.165) is 18.6 Å². The lowest BCUT2D eigenvalue weighted by atomic mass is 10.2. The number of unbranched alkanes of at least 4 members (excludes halogenated alkanes) is 2. The molecular formula is C12H15FO2S. The second kappa shape index (κ2) is 7.28. The Morgan fingerprint density at radius 2 is 2.00 bits per heavy atom. The number of hydrogen-bond donors (Lipinski definition) is 1. The molecule has 0 radical (unpaired) electrons. The Bertz CT molecular complexity index is 342. The Labute approximate surface area is 98.9 Å². The summed E-state index contributed by atoms with van der Waals surface area (Å²) in [7, 11) is 0. The molecule has 0 fully saturated rings. The molecular weight excluding hydrogens is 227 g/mol. The van der Waals surface area contributed by atoms with Crippen LogP contribution in [0.2, 0.25) is 0 Å². The summed E-state index contributed by atoms with van der Waals surface area (Å²) in [5, 5.41) is 8.43. The molecule has 0 aliphatic carbocycles. The maximum Gasteiger partial charge on any atom is 0.303 e. The van der Waals surface area contributed by atoms with Gasteiger partial charge in [-0.05, 0) is 30.7 Å². The van der Waals surface area contributed by atoms with Crippen molar-refractivity contribution in [2.45, 2.75) is 30.6 Å². The number of thioether (sulfide) groups is 1. The van der Waals surface area contributed by atoms with Gasteiger partial charge >= 0.3 is 5.97 Å². The number of rotatable bonds is 7. The fourth-order valence-electron chi connectivity index (χ4n) is 1.30.